The Morgan fingerprint density at radius 2 is 1.78 bits per heavy atom. The molecule has 1 aliphatic rings. The molecule has 1 nitrogen and oxygen atoms in total. The lowest BCUT2D eigenvalue weighted by molar-refractivity contribution is 0.443. The first-order valence-electron chi connectivity index (χ1n) is 6.94. The lowest BCUT2D eigenvalue weighted by Gasteiger charge is -2.22. The van der Waals surface area contributed by atoms with Gasteiger partial charge in [0.2, 0.25) is 0 Å². The van der Waals surface area contributed by atoms with Crippen LogP contribution < -0.4 is 0 Å². The number of benzene rings is 1. The van der Waals surface area contributed by atoms with Gasteiger partial charge in [-0.15, -0.1) is 11.8 Å². The average Bonchev–Trinajstić information content (AvgIpc) is 2.38. The molecule has 0 bridgehead atoms. The van der Waals surface area contributed by atoms with Crippen molar-refractivity contribution in [3.05, 3.63) is 30.3 Å². The molecule has 0 N–H and O–H groups in total. The Balaban J connectivity index is 1.91. The van der Waals surface area contributed by atoms with Crippen LogP contribution in [0.3, 0.4) is 0 Å². The molecule has 98 valence electrons. The van der Waals surface area contributed by atoms with Crippen molar-refractivity contribution in [2.24, 2.45) is 4.99 Å². The smallest absolute Gasteiger partial charge is 0.0497 e. The summed E-state index contributed by atoms with van der Waals surface area (Å²) < 4.78 is 0.0821. The maximum atomic E-state index is 4.81. The predicted molar refractivity (Wildman–Crippen MR) is 81.7 cm³/mol. The molecule has 18 heavy (non-hydrogen) atoms. The van der Waals surface area contributed by atoms with Gasteiger partial charge < -0.3 is 0 Å². The summed E-state index contributed by atoms with van der Waals surface area (Å²) in [5.74, 6) is 0. The largest absolute Gasteiger partial charge is 0.293 e. The second kappa shape index (κ2) is 6.42. The second-order valence-electron chi connectivity index (χ2n) is 5.59. The Labute approximate surface area is 115 Å². The van der Waals surface area contributed by atoms with Crippen LogP contribution in [0.15, 0.2) is 40.2 Å². The van der Waals surface area contributed by atoms with E-state index in [1.54, 1.807) is 0 Å². The Hall–Kier alpha value is -0.760. The van der Waals surface area contributed by atoms with Gasteiger partial charge in [0, 0.05) is 21.9 Å². The van der Waals surface area contributed by atoms with Crippen molar-refractivity contribution >= 4 is 18.0 Å². The zero-order chi connectivity index (χ0) is 12.8. The predicted octanol–water partition coefficient (Wildman–Crippen LogP) is 4.96. The number of rotatable bonds is 4. The maximum Gasteiger partial charge on any atom is 0.0497 e. The Kier molecular flexibility index (Phi) is 4.87. The number of hydrogen-bond acceptors (Lipinski definition) is 2. The molecule has 0 radical (unpaired) electrons. The van der Waals surface area contributed by atoms with Crippen LogP contribution in [0.5, 0.6) is 0 Å². The van der Waals surface area contributed by atoms with Crippen LogP contribution in [-0.4, -0.2) is 17.0 Å². The van der Waals surface area contributed by atoms with E-state index in [0.29, 0.717) is 6.04 Å². The molecule has 0 saturated heterocycles. The highest BCUT2D eigenvalue weighted by atomic mass is 32.2. The van der Waals surface area contributed by atoms with Gasteiger partial charge in [0.1, 0.15) is 0 Å². The van der Waals surface area contributed by atoms with Crippen LogP contribution in [0.25, 0.3) is 0 Å². The first kappa shape index (κ1) is 13.7. The molecule has 1 fully saturated rings. The van der Waals surface area contributed by atoms with Crippen LogP contribution in [0.4, 0.5) is 0 Å². The molecule has 0 spiro atoms. The summed E-state index contributed by atoms with van der Waals surface area (Å²) in [6, 6.07) is 11.2. The molecule has 2 rings (SSSR count). The molecule has 0 amide bonds. The van der Waals surface area contributed by atoms with Gasteiger partial charge in [-0.05, 0) is 38.8 Å². The Morgan fingerprint density at radius 1 is 1.11 bits per heavy atom. The lowest BCUT2D eigenvalue weighted by Crippen LogP contribution is -2.19. The van der Waals surface area contributed by atoms with Gasteiger partial charge in [-0.1, -0.05) is 37.5 Å². The number of thioether (sulfide) groups is 1. The van der Waals surface area contributed by atoms with E-state index < -0.39 is 0 Å². The van der Waals surface area contributed by atoms with Crippen molar-refractivity contribution in [2.45, 2.75) is 61.6 Å². The fourth-order valence-electron chi connectivity index (χ4n) is 2.33. The minimum Gasteiger partial charge on any atom is -0.293 e. The minimum absolute atomic E-state index is 0.0821. The van der Waals surface area contributed by atoms with Crippen LogP contribution >= 0.6 is 11.8 Å². The van der Waals surface area contributed by atoms with Crippen molar-refractivity contribution in [3.8, 4) is 0 Å². The molecule has 1 aliphatic carbocycles. The van der Waals surface area contributed by atoms with E-state index in [1.165, 1.54) is 37.0 Å². The molecular weight excluding hydrogens is 238 g/mol. The van der Waals surface area contributed by atoms with Crippen molar-refractivity contribution in [1.82, 2.24) is 0 Å². The van der Waals surface area contributed by atoms with Gasteiger partial charge in [-0.25, -0.2) is 0 Å². The van der Waals surface area contributed by atoms with Crippen molar-refractivity contribution in [2.75, 3.05) is 0 Å². The van der Waals surface area contributed by atoms with E-state index in [1.807, 2.05) is 11.8 Å². The molecule has 1 aromatic rings. The summed E-state index contributed by atoms with van der Waals surface area (Å²) in [6.45, 7) is 4.49. The molecule has 2 heteroatoms. The third-order valence-electron chi connectivity index (χ3n) is 3.30. The molecule has 0 unspecified atom stereocenters. The van der Waals surface area contributed by atoms with Gasteiger partial charge in [-0.3, -0.25) is 4.99 Å². The minimum atomic E-state index is 0.0821. The summed E-state index contributed by atoms with van der Waals surface area (Å²) in [5.41, 5.74) is 0. The summed E-state index contributed by atoms with van der Waals surface area (Å²) in [5, 5.41) is 0. The van der Waals surface area contributed by atoms with Crippen LogP contribution in [-0.2, 0) is 0 Å². The first-order chi connectivity index (χ1) is 8.66. The summed E-state index contributed by atoms with van der Waals surface area (Å²) in [7, 11) is 0. The van der Waals surface area contributed by atoms with Gasteiger partial charge in [0.15, 0.2) is 0 Å². The van der Waals surface area contributed by atoms with Crippen molar-refractivity contribution in [1.29, 1.82) is 0 Å². The first-order valence-corrected chi connectivity index (χ1v) is 7.76. The zero-order valence-corrected chi connectivity index (χ0v) is 12.2. The highest BCUT2D eigenvalue weighted by Gasteiger charge is 2.18. The quantitative estimate of drug-likeness (QED) is 0.551. The summed E-state index contributed by atoms with van der Waals surface area (Å²) in [4.78, 5) is 6.12. The van der Waals surface area contributed by atoms with Crippen molar-refractivity contribution < 1.29 is 0 Å². The van der Waals surface area contributed by atoms with Crippen LogP contribution in [0, 0.1) is 0 Å². The Morgan fingerprint density at radius 3 is 2.44 bits per heavy atom. The van der Waals surface area contributed by atoms with Crippen molar-refractivity contribution in [3.63, 3.8) is 0 Å². The van der Waals surface area contributed by atoms with Gasteiger partial charge in [-0.2, -0.15) is 0 Å². The van der Waals surface area contributed by atoms with Crippen LogP contribution in [0.1, 0.15) is 46.0 Å². The SMILES string of the molecule is CC(C)(C=NC1CCCCC1)Sc1ccccc1. The Bertz CT molecular complexity index is 377. The van der Waals surface area contributed by atoms with E-state index in [9.17, 15) is 0 Å². The molecular formula is C16H23NS. The molecule has 0 aromatic heterocycles. The van der Waals surface area contributed by atoms with Gasteiger partial charge in [0.05, 0.1) is 0 Å². The standard InChI is InChI=1S/C16H23NS/c1-16(2,18-15-11-7-4-8-12-15)13-17-14-9-5-3-6-10-14/h4,7-8,11-14H,3,5-6,9-10H2,1-2H3. The lowest BCUT2D eigenvalue weighted by atomic mass is 9.96. The number of nitrogens with zero attached hydrogens (tertiary/aromatic N) is 1. The fourth-order valence-corrected chi connectivity index (χ4v) is 3.35. The summed E-state index contributed by atoms with van der Waals surface area (Å²) >= 11 is 1.89. The molecule has 0 atom stereocenters. The van der Waals surface area contributed by atoms with E-state index in [2.05, 4.69) is 50.4 Å². The summed E-state index contributed by atoms with van der Waals surface area (Å²) in [6.07, 6.45) is 8.84. The van der Waals surface area contributed by atoms with Gasteiger partial charge >= 0.3 is 0 Å². The number of hydrogen-bond donors (Lipinski definition) is 0. The molecule has 0 heterocycles. The monoisotopic (exact) mass is 261 g/mol. The van der Waals surface area contributed by atoms with E-state index in [0.717, 1.165) is 0 Å². The van der Waals surface area contributed by atoms with E-state index in [-0.39, 0.29) is 4.75 Å². The average molecular weight is 261 g/mol. The third kappa shape index (κ3) is 4.49. The fraction of sp³-hybridized carbons (Fsp3) is 0.562. The number of aliphatic imine (C=N–C) groups is 1. The molecule has 0 aliphatic heterocycles. The van der Waals surface area contributed by atoms with E-state index in [4.69, 9.17) is 4.99 Å². The highest BCUT2D eigenvalue weighted by Crippen LogP contribution is 2.31. The molecule has 1 saturated carbocycles. The van der Waals surface area contributed by atoms with E-state index >= 15 is 0 Å². The maximum absolute atomic E-state index is 4.81. The molecule has 1 aromatic carbocycles. The zero-order valence-electron chi connectivity index (χ0n) is 11.4. The second-order valence-corrected chi connectivity index (χ2v) is 7.32. The highest BCUT2D eigenvalue weighted by molar-refractivity contribution is 8.01. The van der Waals surface area contributed by atoms with Gasteiger partial charge in [0.25, 0.3) is 0 Å². The normalized spacial score (nSPS) is 18.3. The topological polar surface area (TPSA) is 12.4 Å². The van der Waals surface area contributed by atoms with Crippen LogP contribution in [0.2, 0.25) is 0 Å². The third-order valence-corrected chi connectivity index (χ3v) is 4.43.